The van der Waals surface area contributed by atoms with Gasteiger partial charge in [-0.3, -0.25) is 0 Å². The minimum absolute atomic E-state index is 0.0516. The molecule has 2 aromatic heterocycles. The Morgan fingerprint density at radius 2 is 2.24 bits per heavy atom. The van der Waals surface area contributed by atoms with Crippen molar-refractivity contribution in [2.45, 2.75) is 19.5 Å². The maximum absolute atomic E-state index is 11.8. The monoisotopic (exact) mass is 308 g/mol. The Balaban J connectivity index is 2.05. The van der Waals surface area contributed by atoms with Crippen LogP contribution >= 0.6 is 0 Å². The van der Waals surface area contributed by atoms with Crippen molar-refractivity contribution in [2.75, 3.05) is 30.0 Å². The van der Waals surface area contributed by atoms with Crippen molar-refractivity contribution in [3.8, 4) is 0 Å². The van der Waals surface area contributed by atoms with Crippen molar-refractivity contribution in [3.63, 3.8) is 0 Å². The number of imidazole rings is 1. The summed E-state index contributed by atoms with van der Waals surface area (Å²) in [5, 5.41) is 3.17. The predicted octanol–water partition coefficient (Wildman–Crippen LogP) is 0.677. The van der Waals surface area contributed by atoms with Crippen LogP contribution in [0.15, 0.2) is 24.4 Å². The van der Waals surface area contributed by atoms with Gasteiger partial charge in [-0.25, -0.2) is 13.4 Å². The molecule has 0 aromatic carbocycles. The van der Waals surface area contributed by atoms with E-state index >= 15 is 0 Å². The van der Waals surface area contributed by atoms with Gasteiger partial charge >= 0.3 is 0 Å². The molecule has 7 heteroatoms. The van der Waals surface area contributed by atoms with Gasteiger partial charge in [0.05, 0.1) is 17.2 Å². The van der Waals surface area contributed by atoms with E-state index in [9.17, 15) is 8.42 Å². The smallest absolute Gasteiger partial charge is 0.154 e. The Labute approximate surface area is 124 Å². The van der Waals surface area contributed by atoms with Crippen LogP contribution in [0.2, 0.25) is 0 Å². The van der Waals surface area contributed by atoms with Gasteiger partial charge in [0, 0.05) is 25.3 Å². The molecule has 1 aliphatic heterocycles. The highest BCUT2D eigenvalue weighted by molar-refractivity contribution is 7.91. The average Bonchev–Trinajstić information content (AvgIpc) is 2.77. The molecule has 1 saturated heterocycles. The maximum Gasteiger partial charge on any atom is 0.154 e. The number of hydrogen-bond acceptors (Lipinski definition) is 5. The van der Waals surface area contributed by atoms with E-state index in [4.69, 9.17) is 4.98 Å². The molecule has 6 nitrogen and oxygen atoms in total. The molecular formula is C14H20N4O2S. The molecule has 1 atom stereocenters. The van der Waals surface area contributed by atoms with Crippen LogP contribution in [0.3, 0.4) is 0 Å². The molecule has 0 aliphatic carbocycles. The molecule has 1 unspecified atom stereocenters. The van der Waals surface area contributed by atoms with E-state index in [0.717, 1.165) is 17.2 Å². The highest BCUT2D eigenvalue weighted by Gasteiger charge is 2.31. The highest BCUT2D eigenvalue weighted by atomic mass is 32.2. The van der Waals surface area contributed by atoms with Crippen molar-refractivity contribution < 1.29 is 8.42 Å². The van der Waals surface area contributed by atoms with Crippen molar-refractivity contribution in [1.29, 1.82) is 0 Å². The second-order valence-corrected chi connectivity index (χ2v) is 7.73. The topological polar surface area (TPSA) is 66.7 Å². The summed E-state index contributed by atoms with van der Waals surface area (Å²) in [7, 11) is -1.02. The zero-order valence-electron chi connectivity index (χ0n) is 12.3. The first-order valence-corrected chi connectivity index (χ1v) is 8.91. The van der Waals surface area contributed by atoms with Gasteiger partial charge in [-0.15, -0.1) is 0 Å². The van der Waals surface area contributed by atoms with Crippen LogP contribution < -0.4 is 10.2 Å². The number of pyridine rings is 1. The van der Waals surface area contributed by atoms with Crippen molar-refractivity contribution in [1.82, 2.24) is 14.7 Å². The summed E-state index contributed by atoms with van der Waals surface area (Å²) in [6.45, 7) is 3.14. The molecule has 3 rings (SSSR count). The number of aromatic nitrogens is 2. The van der Waals surface area contributed by atoms with Gasteiger partial charge in [0.1, 0.15) is 5.65 Å². The standard InChI is InChI=1S/C14H20N4O2S/c1-11-10-21(19,20)8-7-17(11)14-12(9-15-2)18-6-4-3-5-13(18)16-14/h3-6,11,15H,7-10H2,1-2H3. The van der Waals surface area contributed by atoms with Gasteiger partial charge in [-0.1, -0.05) is 6.07 Å². The molecule has 1 N–H and O–H groups in total. The van der Waals surface area contributed by atoms with Crippen molar-refractivity contribution in [3.05, 3.63) is 30.1 Å². The minimum Gasteiger partial charge on any atom is -0.350 e. The molecule has 114 valence electrons. The van der Waals surface area contributed by atoms with Crippen LogP contribution in [0.4, 0.5) is 5.82 Å². The van der Waals surface area contributed by atoms with E-state index in [-0.39, 0.29) is 17.5 Å². The van der Waals surface area contributed by atoms with Gasteiger partial charge in [0.25, 0.3) is 0 Å². The first-order valence-electron chi connectivity index (χ1n) is 7.09. The number of nitrogens with zero attached hydrogens (tertiary/aromatic N) is 3. The van der Waals surface area contributed by atoms with Crippen LogP contribution in [-0.2, 0) is 16.4 Å². The third-order valence-electron chi connectivity index (χ3n) is 3.89. The summed E-state index contributed by atoms with van der Waals surface area (Å²) in [6.07, 6.45) is 1.99. The van der Waals surface area contributed by atoms with Gasteiger partial charge in [0.15, 0.2) is 15.7 Å². The van der Waals surface area contributed by atoms with E-state index in [2.05, 4.69) is 14.6 Å². The summed E-state index contributed by atoms with van der Waals surface area (Å²) in [6, 6.07) is 5.85. The Morgan fingerprint density at radius 3 is 2.95 bits per heavy atom. The molecule has 3 heterocycles. The minimum atomic E-state index is -2.92. The van der Waals surface area contributed by atoms with Crippen LogP contribution in [0.1, 0.15) is 12.6 Å². The number of nitrogens with one attached hydrogen (secondary N) is 1. The Morgan fingerprint density at radius 1 is 1.43 bits per heavy atom. The fraction of sp³-hybridized carbons (Fsp3) is 0.500. The summed E-state index contributed by atoms with van der Waals surface area (Å²) < 4.78 is 25.6. The van der Waals surface area contributed by atoms with Gasteiger partial charge in [-0.2, -0.15) is 0 Å². The maximum atomic E-state index is 11.8. The molecular weight excluding hydrogens is 288 g/mol. The van der Waals surface area contributed by atoms with Crippen LogP contribution in [0.25, 0.3) is 5.65 Å². The van der Waals surface area contributed by atoms with Gasteiger partial charge in [-0.05, 0) is 26.1 Å². The molecule has 1 aliphatic rings. The Kier molecular flexibility index (Phi) is 3.62. The lowest BCUT2D eigenvalue weighted by molar-refractivity contribution is 0.566. The third-order valence-corrected chi connectivity index (χ3v) is 5.69. The molecule has 1 fully saturated rings. The summed E-state index contributed by atoms with van der Waals surface area (Å²) in [5.74, 6) is 1.28. The molecule has 2 aromatic rings. The first kappa shape index (κ1) is 14.3. The Hall–Kier alpha value is -1.60. The second kappa shape index (κ2) is 5.31. The highest BCUT2D eigenvalue weighted by Crippen LogP contribution is 2.26. The van der Waals surface area contributed by atoms with E-state index in [1.54, 1.807) is 0 Å². The first-order chi connectivity index (χ1) is 10.0. The van der Waals surface area contributed by atoms with E-state index in [1.807, 2.05) is 38.4 Å². The largest absolute Gasteiger partial charge is 0.350 e. The van der Waals surface area contributed by atoms with E-state index in [0.29, 0.717) is 13.1 Å². The number of hydrogen-bond donors (Lipinski definition) is 1. The molecule has 21 heavy (non-hydrogen) atoms. The third kappa shape index (κ3) is 2.63. The number of sulfone groups is 1. The lowest BCUT2D eigenvalue weighted by atomic mass is 10.2. The molecule has 0 bridgehead atoms. The average molecular weight is 308 g/mol. The zero-order valence-corrected chi connectivity index (χ0v) is 13.1. The number of anilines is 1. The predicted molar refractivity (Wildman–Crippen MR) is 83.4 cm³/mol. The molecule has 0 radical (unpaired) electrons. The SMILES string of the molecule is CNCc1c(N2CCS(=O)(=O)CC2C)nc2ccccn12. The number of fused-ring (bicyclic) bond motifs is 1. The van der Waals surface area contributed by atoms with Crippen LogP contribution in [0.5, 0.6) is 0 Å². The number of rotatable bonds is 3. The fourth-order valence-corrected chi connectivity index (χ4v) is 4.47. The summed E-state index contributed by atoms with van der Waals surface area (Å²) in [5.41, 5.74) is 1.96. The zero-order chi connectivity index (χ0) is 15.0. The second-order valence-electron chi connectivity index (χ2n) is 5.50. The lowest BCUT2D eigenvalue weighted by Crippen LogP contribution is -2.47. The fourth-order valence-electron chi connectivity index (χ4n) is 2.91. The summed E-state index contributed by atoms with van der Waals surface area (Å²) >= 11 is 0. The summed E-state index contributed by atoms with van der Waals surface area (Å²) in [4.78, 5) is 6.82. The normalized spacial score (nSPS) is 21.8. The van der Waals surface area contributed by atoms with Crippen LogP contribution in [0, 0.1) is 0 Å². The van der Waals surface area contributed by atoms with Gasteiger partial charge < -0.3 is 14.6 Å². The molecule has 0 amide bonds. The lowest BCUT2D eigenvalue weighted by Gasteiger charge is -2.34. The van der Waals surface area contributed by atoms with E-state index in [1.165, 1.54) is 0 Å². The van der Waals surface area contributed by atoms with Crippen molar-refractivity contribution >= 4 is 21.3 Å². The van der Waals surface area contributed by atoms with Crippen molar-refractivity contribution in [2.24, 2.45) is 0 Å². The quantitative estimate of drug-likeness (QED) is 0.903. The van der Waals surface area contributed by atoms with Crippen LogP contribution in [-0.4, -0.2) is 48.9 Å². The molecule has 0 saturated carbocycles. The van der Waals surface area contributed by atoms with E-state index < -0.39 is 9.84 Å². The van der Waals surface area contributed by atoms with Gasteiger partial charge in [0.2, 0.25) is 0 Å². The molecule has 0 spiro atoms. The Bertz CT molecular complexity index is 753.